The zero-order valence-electron chi connectivity index (χ0n) is 19.5. The fourth-order valence-corrected chi connectivity index (χ4v) is 4.82. The maximum atomic E-state index is 13.0. The second-order valence-corrected chi connectivity index (χ2v) is 9.60. The van der Waals surface area contributed by atoms with Crippen LogP contribution in [0.15, 0.2) is 60.7 Å². The molecule has 2 aromatic rings. The molecule has 180 valence electrons. The van der Waals surface area contributed by atoms with Gasteiger partial charge in [-0.1, -0.05) is 36.4 Å². The van der Waals surface area contributed by atoms with Gasteiger partial charge in [-0.25, -0.2) is 9.59 Å². The molecule has 8 nitrogen and oxygen atoms in total. The maximum absolute atomic E-state index is 13.0. The lowest BCUT2D eigenvalue weighted by Gasteiger charge is -2.41. The predicted molar refractivity (Wildman–Crippen MR) is 119 cm³/mol. The molecule has 0 spiro atoms. The molecule has 8 heteroatoms. The second-order valence-electron chi connectivity index (χ2n) is 9.60. The summed E-state index contributed by atoms with van der Waals surface area (Å²) >= 11 is 0. The lowest BCUT2D eigenvalue weighted by Crippen LogP contribution is -2.63. The highest BCUT2D eigenvalue weighted by Crippen LogP contribution is 2.46. The van der Waals surface area contributed by atoms with Crippen LogP contribution in [0, 0.1) is 0 Å². The van der Waals surface area contributed by atoms with Crippen LogP contribution < -0.4 is 0 Å². The molecule has 2 saturated heterocycles. The number of carbonyl (C=O) groups excluding carboxylic acids is 2. The van der Waals surface area contributed by atoms with Gasteiger partial charge in [-0.15, -0.1) is 0 Å². The van der Waals surface area contributed by atoms with Gasteiger partial charge >= 0.3 is 11.9 Å². The summed E-state index contributed by atoms with van der Waals surface area (Å²) in [6, 6.07) is 17.4. The monoisotopic (exact) mass is 468 g/mol. The first kappa shape index (κ1) is 23.0. The Hall–Kier alpha value is -2.78. The van der Waals surface area contributed by atoms with E-state index in [1.165, 1.54) is 0 Å². The van der Waals surface area contributed by atoms with Gasteiger partial charge in [-0.3, -0.25) is 0 Å². The van der Waals surface area contributed by atoms with E-state index in [1.54, 1.807) is 76.2 Å². The highest BCUT2D eigenvalue weighted by Gasteiger charge is 2.66. The minimum absolute atomic E-state index is 0.407. The van der Waals surface area contributed by atoms with Crippen molar-refractivity contribution in [3.05, 3.63) is 71.8 Å². The summed E-state index contributed by atoms with van der Waals surface area (Å²) in [6.45, 7) is 7.05. The van der Waals surface area contributed by atoms with Gasteiger partial charge in [-0.2, -0.15) is 0 Å². The Balaban J connectivity index is 1.47. The van der Waals surface area contributed by atoms with Gasteiger partial charge in [0.2, 0.25) is 0 Å². The van der Waals surface area contributed by atoms with Crippen LogP contribution >= 0.6 is 0 Å². The van der Waals surface area contributed by atoms with Gasteiger partial charge in [0.15, 0.2) is 23.8 Å². The van der Waals surface area contributed by atoms with E-state index in [1.807, 2.05) is 12.1 Å². The molecule has 0 radical (unpaired) electrons. The Bertz CT molecular complexity index is 937. The molecule has 3 aliphatic rings. The Labute approximate surface area is 198 Å². The first-order chi connectivity index (χ1) is 16.1. The van der Waals surface area contributed by atoms with E-state index in [0.717, 1.165) is 0 Å². The van der Waals surface area contributed by atoms with Crippen molar-refractivity contribution in [1.82, 2.24) is 0 Å². The van der Waals surface area contributed by atoms with E-state index in [4.69, 9.17) is 28.4 Å². The van der Waals surface area contributed by atoms with Crippen molar-refractivity contribution >= 4 is 11.9 Å². The molecule has 3 fully saturated rings. The first-order valence-corrected chi connectivity index (χ1v) is 11.4. The van der Waals surface area contributed by atoms with E-state index >= 15 is 0 Å². The molecular formula is C26H28O8. The molecule has 1 saturated carbocycles. The van der Waals surface area contributed by atoms with Gasteiger partial charge in [0.25, 0.3) is 0 Å². The van der Waals surface area contributed by atoms with Gasteiger partial charge in [0.05, 0.1) is 11.1 Å². The molecule has 0 bridgehead atoms. The lowest BCUT2D eigenvalue weighted by atomic mass is 9.84. The largest absolute Gasteiger partial charge is 0.453 e. The normalized spacial score (nSPS) is 32.9. The molecule has 0 unspecified atom stereocenters. The number of hydrogen-bond donors (Lipinski definition) is 0. The van der Waals surface area contributed by atoms with Gasteiger partial charge < -0.3 is 28.4 Å². The summed E-state index contributed by atoms with van der Waals surface area (Å²) < 4.78 is 36.6. The number of ether oxygens (including phenoxy) is 6. The van der Waals surface area contributed by atoms with Crippen LogP contribution in [0.1, 0.15) is 48.4 Å². The average molecular weight is 469 g/mol. The fourth-order valence-electron chi connectivity index (χ4n) is 4.82. The third kappa shape index (κ3) is 4.34. The van der Waals surface area contributed by atoms with Crippen molar-refractivity contribution in [3.8, 4) is 0 Å². The van der Waals surface area contributed by atoms with Crippen molar-refractivity contribution in [3.63, 3.8) is 0 Å². The molecule has 0 amide bonds. The van der Waals surface area contributed by atoms with Crippen LogP contribution in [-0.2, 0) is 28.4 Å². The number of carbonyl (C=O) groups is 2. The van der Waals surface area contributed by atoms with Crippen molar-refractivity contribution in [1.29, 1.82) is 0 Å². The van der Waals surface area contributed by atoms with Crippen LogP contribution in [0.3, 0.4) is 0 Å². The molecular weight excluding hydrogens is 440 g/mol. The van der Waals surface area contributed by atoms with Crippen LogP contribution in [0.2, 0.25) is 0 Å². The highest BCUT2D eigenvalue weighted by molar-refractivity contribution is 5.90. The third-order valence-electron chi connectivity index (χ3n) is 6.13. The Morgan fingerprint density at radius 2 is 0.882 bits per heavy atom. The number of esters is 2. The van der Waals surface area contributed by atoms with Crippen molar-refractivity contribution in [2.75, 3.05) is 0 Å². The molecule has 1 aliphatic carbocycles. The topological polar surface area (TPSA) is 89.5 Å². The maximum Gasteiger partial charge on any atom is 0.338 e. The van der Waals surface area contributed by atoms with Gasteiger partial charge in [-0.05, 0) is 52.0 Å². The lowest BCUT2D eigenvalue weighted by molar-refractivity contribution is -0.183. The minimum atomic E-state index is -0.988. The molecule has 0 aromatic heterocycles. The molecule has 2 heterocycles. The summed E-state index contributed by atoms with van der Waals surface area (Å²) in [5, 5.41) is 0. The average Bonchev–Trinajstić information content (AvgIpc) is 3.31. The first-order valence-electron chi connectivity index (χ1n) is 11.4. The summed E-state index contributed by atoms with van der Waals surface area (Å²) in [4.78, 5) is 25.9. The van der Waals surface area contributed by atoms with E-state index in [9.17, 15) is 9.59 Å². The molecule has 0 N–H and O–H groups in total. The molecule has 6 atom stereocenters. The number of rotatable bonds is 4. The number of benzene rings is 2. The van der Waals surface area contributed by atoms with E-state index < -0.39 is 60.1 Å². The fraction of sp³-hybridized carbons (Fsp3) is 0.462. The van der Waals surface area contributed by atoms with Crippen LogP contribution in [0.4, 0.5) is 0 Å². The van der Waals surface area contributed by atoms with Crippen LogP contribution in [-0.4, -0.2) is 60.1 Å². The summed E-state index contributed by atoms with van der Waals surface area (Å²) in [5.41, 5.74) is 0.814. The zero-order chi connectivity index (χ0) is 24.1. The smallest absolute Gasteiger partial charge is 0.338 e. The number of hydrogen-bond acceptors (Lipinski definition) is 8. The molecule has 5 rings (SSSR count). The molecule has 2 aliphatic heterocycles. The van der Waals surface area contributed by atoms with Crippen molar-refractivity contribution < 1.29 is 38.0 Å². The SMILES string of the molecule is CC1(C)O[C@@H]2[C@@H](OC(=O)c3ccccc3)[C@H]3OC(C)(C)O[C@H]3[C@H](OC(=O)c3ccccc3)[C@H]2O1. The van der Waals surface area contributed by atoms with E-state index in [2.05, 4.69) is 0 Å². The number of fused-ring (bicyclic) bond motifs is 2. The molecule has 2 aromatic carbocycles. The zero-order valence-corrected chi connectivity index (χ0v) is 19.5. The minimum Gasteiger partial charge on any atom is -0.453 e. The molecule has 34 heavy (non-hydrogen) atoms. The van der Waals surface area contributed by atoms with Crippen LogP contribution in [0.25, 0.3) is 0 Å². The van der Waals surface area contributed by atoms with Gasteiger partial charge in [0.1, 0.15) is 24.4 Å². The quantitative estimate of drug-likeness (QED) is 0.630. The Morgan fingerprint density at radius 1 is 0.588 bits per heavy atom. The van der Waals surface area contributed by atoms with E-state index in [-0.39, 0.29) is 0 Å². The Morgan fingerprint density at radius 3 is 1.18 bits per heavy atom. The van der Waals surface area contributed by atoms with Crippen molar-refractivity contribution in [2.24, 2.45) is 0 Å². The van der Waals surface area contributed by atoms with Crippen molar-refractivity contribution in [2.45, 2.75) is 75.9 Å². The Kier molecular flexibility index (Phi) is 5.72. The predicted octanol–water partition coefficient (Wildman–Crippen LogP) is 3.49. The second kappa shape index (κ2) is 8.46. The summed E-state index contributed by atoms with van der Waals surface area (Å²) in [7, 11) is 0. The van der Waals surface area contributed by atoms with Gasteiger partial charge in [0, 0.05) is 0 Å². The summed E-state index contributed by atoms with van der Waals surface area (Å²) in [6.07, 6.45) is -4.58. The van der Waals surface area contributed by atoms with Crippen LogP contribution in [0.5, 0.6) is 0 Å². The summed E-state index contributed by atoms with van der Waals surface area (Å²) in [5.74, 6) is -3.00. The third-order valence-corrected chi connectivity index (χ3v) is 6.13. The van der Waals surface area contributed by atoms with E-state index in [0.29, 0.717) is 11.1 Å². The highest BCUT2D eigenvalue weighted by atomic mass is 16.8. The standard InChI is InChI=1S/C26H28O8/c1-25(2)31-19-17(29-23(27)15-11-7-5-8-12-15)21-22(34-26(3,4)33-21)18(20(19)32-25)30-24(28)16-13-9-6-10-14-16/h5-14,17-22H,1-4H3/t17-,18-,19-,20-,21-,22+/m1/s1.